The molecular formula is C7H14O3. The van der Waals surface area contributed by atoms with Crippen LogP contribution in [0, 0.1) is 11.8 Å². The van der Waals surface area contributed by atoms with Gasteiger partial charge in [-0.1, -0.05) is 13.8 Å². The van der Waals surface area contributed by atoms with E-state index in [9.17, 15) is 9.90 Å². The number of carboxylic acids is 1. The normalized spacial score (nSPS) is 16.9. The van der Waals surface area contributed by atoms with Crippen LogP contribution >= 0.6 is 0 Å². The first-order chi connectivity index (χ1) is 4.46. The lowest BCUT2D eigenvalue weighted by molar-refractivity contribution is -0.145. The van der Waals surface area contributed by atoms with Gasteiger partial charge in [-0.2, -0.15) is 0 Å². The van der Waals surface area contributed by atoms with E-state index >= 15 is 0 Å². The average molecular weight is 146 g/mol. The smallest absolute Gasteiger partial charge is 0.308 e. The Kier molecular flexibility index (Phi) is 3.36. The van der Waals surface area contributed by atoms with Crippen molar-refractivity contribution in [3.8, 4) is 0 Å². The van der Waals surface area contributed by atoms with Crippen molar-refractivity contribution >= 4 is 5.97 Å². The highest BCUT2D eigenvalue weighted by Crippen LogP contribution is 2.11. The zero-order valence-electron chi connectivity index (χ0n) is 6.53. The van der Waals surface area contributed by atoms with E-state index in [2.05, 4.69) is 0 Å². The molecular weight excluding hydrogens is 132 g/mol. The van der Waals surface area contributed by atoms with Gasteiger partial charge in [0.2, 0.25) is 0 Å². The van der Waals surface area contributed by atoms with E-state index in [1.54, 1.807) is 13.8 Å². The molecule has 2 N–H and O–H groups in total. The van der Waals surface area contributed by atoms with Gasteiger partial charge in [0.05, 0.1) is 12.0 Å². The lowest BCUT2D eigenvalue weighted by Crippen LogP contribution is -2.29. The molecule has 0 aromatic rings. The summed E-state index contributed by atoms with van der Waals surface area (Å²) in [5, 5.41) is 17.6. The largest absolute Gasteiger partial charge is 0.481 e. The van der Waals surface area contributed by atoms with Gasteiger partial charge in [-0.3, -0.25) is 4.79 Å². The van der Waals surface area contributed by atoms with Crippen LogP contribution in [0.1, 0.15) is 20.8 Å². The first kappa shape index (κ1) is 9.43. The van der Waals surface area contributed by atoms with Gasteiger partial charge in [0.25, 0.3) is 0 Å². The Morgan fingerprint density at radius 1 is 1.30 bits per heavy atom. The molecule has 3 heteroatoms. The summed E-state index contributed by atoms with van der Waals surface area (Å²) in [6, 6.07) is 0. The van der Waals surface area contributed by atoms with Crippen LogP contribution in [-0.4, -0.2) is 22.3 Å². The number of carbonyl (C=O) groups is 1. The molecule has 0 aliphatic heterocycles. The fraction of sp³-hybridized carbons (Fsp3) is 0.857. The molecule has 2 unspecified atom stereocenters. The lowest BCUT2D eigenvalue weighted by atomic mass is 9.95. The number of aliphatic hydroxyl groups is 1. The Labute approximate surface area is 60.7 Å². The molecule has 0 aliphatic rings. The summed E-state index contributed by atoms with van der Waals surface area (Å²) in [5.41, 5.74) is 0. The van der Waals surface area contributed by atoms with Gasteiger partial charge >= 0.3 is 5.97 Å². The maximum absolute atomic E-state index is 10.3. The summed E-state index contributed by atoms with van der Waals surface area (Å²) in [6.07, 6.45) is -0.738. The average Bonchev–Trinajstić information content (AvgIpc) is 1.84. The zero-order chi connectivity index (χ0) is 8.31. The van der Waals surface area contributed by atoms with Crippen molar-refractivity contribution in [2.24, 2.45) is 11.8 Å². The molecule has 0 saturated heterocycles. The quantitative estimate of drug-likeness (QED) is 0.617. The molecule has 0 rings (SSSR count). The second kappa shape index (κ2) is 3.56. The Balaban J connectivity index is 3.94. The van der Waals surface area contributed by atoms with Gasteiger partial charge in [0, 0.05) is 0 Å². The topological polar surface area (TPSA) is 57.5 Å². The number of rotatable bonds is 3. The summed E-state index contributed by atoms with van der Waals surface area (Å²) in [6.45, 7) is 5.10. The van der Waals surface area contributed by atoms with Gasteiger partial charge in [-0.15, -0.1) is 0 Å². The molecule has 3 nitrogen and oxygen atoms in total. The Hall–Kier alpha value is -0.570. The summed E-state index contributed by atoms with van der Waals surface area (Å²) in [4.78, 5) is 10.3. The fourth-order valence-corrected chi connectivity index (χ4v) is 0.723. The van der Waals surface area contributed by atoms with Crippen LogP contribution in [0.4, 0.5) is 0 Å². The van der Waals surface area contributed by atoms with Crippen molar-refractivity contribution in [1.29, 1.82) is 0 Å². The van der Waals surface area contributed by atoms with Crippen LogP contribution in [0.25, 0.3) is 0 Å². The molecule has 0 aromatic carbocycles. The van der Waals surface area contributed by atoms with Gasteiger partial charge in [0.1, 0.15) is 0 Å². The number of aliphatic hydroxyl groups excluding tert-OH is 1. The number of hydrogen-bond donors (Lipinski definition) is 2. The standard InChI is InChI=1S/C7H14O3/c1-4(2)6(8)5(3)7(9)10/h4-6,8H,1-3H3,(H,9,10). The zero-order valence-corrected chi connectivity index (χ0v) is 6.53. The Morgan fingerprint density at radius 3 is 1.80 bits per heavy atom. The summed E-state index contributed by atoms with van der Waals surface area (Å²) < 4.78 is 0. The van der Waals surface area contributed by atoms with Crippen LogP contribution in [0.3, 0.4) is 0 Å². The monoisotopic (exact) mass is 146 g/mol. The van der Waals surface area contributed by atoms with Gasteiger partial charge in [0.15, 0.2) is 0 Å². The van der Waals surface area contributed by atoms with Crippen LogP contribution in [0.15, 0.2) is 0 Å². The second-order valence-electron chi connectivity index (χ2n) is 2.86. The van der Waals surface area contributed by atoms with E-state index in [4.69, 9.17) is 5.11 Å². The van der Waals surface area contributed by atoms with Crippen molar-refractivity contribution in [3.05, 3.63) is 0 Å². The number of hydrogen-bond acceptors (Lipinski definition) is 2. The maximum Gasteiger partial charge on any atom is 0.308 e. The molecule has 60 valence electrons. The van der Waals surface area contributed by atoms with E-state index in [0.29, 0.717) is 0 Å². The third-order valence-electron chi connectivity index (χ3n) is 1.58. The van der Waals surface area contributed by atoms with Crippen LogP contribution in [-0.2, 0) is 4.79 Å². The van der Waals surface area contributed by atoms with Crippen molar-refractivity contribution < 1.29 is 15.0 Å². The highest BCUT2D eigenvalue weighted by Gasteiger charge is 2.23. The highest BCUT2D eigenvalue weighted by molar-refractivity contribution is 5.70. The Bertz CT molecular complexity index is 120. The van der Waals surface area contributed by atoms with Crippen molar-refractivity contribution in [2.75, 3.05) is 0 Å². The molecule has 0 bridgehead atoms. The first-order valence-electron chi connectivity index (χ1n) is 3.37. The second-order valence-corrected chi connectivity index (χ2v) is 2.86. The van der Waals surface area contributed by atoms with Crippen LogP contribution in [0.5, 0.6) is 0 Å². The number of carboxylic acid groups (broad SMARTS) is 1. The summed E-state index contributed by atoms with van der Waals surface area (Å²) >= 11 is 0. The van der Waals surface area contributed by atoms with E-state index in [1.807, 2.05) is 0 Å². The molecule has 0 aromatic heterocycles. The van der Waals surface area contributed by atoms with Crippen LogP contribution < -0.4 is 0 Å². The molecule has 0 spiro atoms. The molecule has 0 saturated carbocycles. The molecule has 0 fully saturated rings. The van der Waals surface area contributed by atoms with E-state index < -0.39 is 18.0 Å². The SMILES string of the molecule is CC(C)C(O)C(C)C(=O)O. The van der Waals surface area contributed by atoms with E-state index in [1.165, 1.54) is 6.92 Å². The van der Waals surface area contributed by atoms with Gasteiger partial charge in [-0.05, 0) is 12.8 Å². The molecule has 0 amide bonds. The minimum atomic E-state index is -0.943. The maximum atomic E-state index is 10.3. The predicted molar refractivity (Wildman–Crippen MR) is 37.6 cm³/mol. The van der Waals surface area contributed by atoms with Crippen molar-refractivity contribution in [3.63, 3.8) is 0 Å². The highest BCUT2D eigenvalue weighted by atomic mass is 16.4. The van der Waals surface area contributed by atoms with Gasteiger partial charge in [-0.25, -0.2) is 0 Å². The fourth-order valence-electron chi connectivity index (χ4n) is 0.723. The first-order valence-corrected chi connectivity index (χ1v) is 3.37. The summed E-state index contributed by atoms with van der Waals surface area (Å²) in [7, 11) is 0. The van der Waals surface area contributed by atoms with Gasteiger partial charge < -0.3 is 10.2 Å². The minimum absolute atomic E-state index is 0.00565. The van der Waals surface area contributed by atoms with Crippen molar-refractivity contribution in [2.45, 2.75) is 26.9 Å². The molecule has 0 heterocycles. The molecule has 2 atom stereocenters. The molecule has 0 aliphatic carbocycles. The third kappa shape index (κ3) is 2.35. The van der Waals surface area contributed by atoms with Crippen LogP contribution in [0.2, 0.25) is 0 Å². The molecule has 0 radical (unpaired) electrons. The Morgan fingerprint density at radius 2 is 1.70 bits per heavy atom. The van der Waals surface area contributed by atoms with Crippen molar-refractivity contribution in [1.82, 2.24) is 0 Å². The minimum Gasteiger partial charge on any atom is -0.481 e. The lowest BCUT2D eigenvalue weighted by Gasteiger charge is -2.17. The predicted octanol–water partition coefficient (Wildman–Crippen LogP) is 0.724. The van der Waals surface area contributed by atoms with E-state index in [0.717, 1.165) is 0 Å². The third-order valence-corrected chi connectivity index (χ3v) is 1.58. The summed E-state index contributed by atoms with van der Waals surface area (Å²) in [5.74, 6) is -1.60. The number of aliphatic carboxylic acids is 1. The molecule has 10 heavy (non-hydrogen) atoms. The van der Waals surface area contributed by atoms with E-state index in [-0.39, 0.29) is 5.92 Å².